The molecule has 0 heterocycles. The van der Waals surface area contributed by atoms with Crippen LogP contribution < -0.4 is 0 Å². The molecule has 0 saturated carbocycles. The summed E-state index contributed by atoms with van der Waals surface area (Å²) in [6.45, 7) is 3.50. The molecule has 0 amide bonds. The van der Waals surface area contributed by atoms with Crippen LogP contribution >= 0.6 is 15.9 Å². The third-order valence-electron chi connectivity index (χ3n) is 2.81. The zero-order valence-corrected chi connectivity index (χ0v) is 10.8. The number of halogens is 2. The normalized spacial score (nSPS) is 14.5. The van der Waals surface area contributed by atoms with Crippen LogP contribution in [0.3, 0.4) is 0 Å². The van der Waals surface area contributed by atoms with Crippen molar-refractivity contribution in [2.24, 2.45) is 5.41 Å². The van der Waals surface area contributed by atoms with Gasteiger partial charge in [0.1, 0.15) is 5.82 Å². The molecule has 4 heteroatoms. The van der Waals surface area contributed by atoms with Crippen LogP contribution in [0, 0.1) is 11.2 Å². The van der Waals surface area contributed by atoms with Crippen molar-refractivity contribution in [3.8, 4) is 0 Å². The number of benzene rings is 1. The molecule has 2 nitrogen and oxygen atoms in total. The maximum atomic E-state index is 13.1. The van der Waals surface area contributed by atoms with Gasteiger partial charge in [-0.3, -0.25) is 4.79 Å². The molecule has 0 spiro atoms. The van der Waals surface area contributed by atoms with Crippen molar-refractivity contribution in [3.05, 3.63) is 34.1 Å². The minimum Gasteiger partial charge on any atom is -0.481 e. The lowest BCUT2D eigenvalue weighted by Crippen LogP contribution is -2.29. The molecule has 0 bridgehead atoms. The predicted molar refractivity (Wildman–Crippen MR) is 63.8 cm³/mol. The Morgan fingerprint density at radius 2 is 2.12 bits per heavy atom. The fourth-order valence-corrected chi connectivity index (χ4v) is 2.03. The maximum absolute atomic E-state index is 13.1. The first-order valence-electron chi connectivity index (χ1n) is 5.06. The number of carboxylic acids is 1. The predicted octanol–water partition coefficient (Wildman–Crippen LogP) is 3.63. The van der Waals surface area contributed by atoms with Crippen molar-refractivity contribution in [2.75, 3.05) is 0 Å². The summed E-state index contributed by atoms with van der Waals surface area (Å²) in [7, 11) is 0. The van der Waals surface area contributed by atoms with E-state index in [1.165, 1.54) is 12.1 Å². The van der Waals surface area contributed by atoms with Crippen molar-refractivity contribution in [1.82, 2.24) is 0 Å². The third-order valence-corrected chi connectivity index (χ3v) is 3.27. The quantitative estimate of drug-likeness (QED) is 0.919. The smallest absolute Gasteiger partial charge is 0.309 e. The van der Waals surface area contributed by atoms with E-state index in [9.17, 15) is 9.18 Å². The molecule has 1 N–H and O–H groups in total. The molecule has 0 aliphatic rings. The van der Waals surface area contributed by atoms with Crippen molar-refractivity contribution in [1.29, 1.82) is 0 Å². The second kappa shape index (κ2) is 4.95. The van der Waals surface area contributed by atoms with E-state index in [4.69, 9.17) is 5.11 Å². The number of hydrogen-bond donors (Lipinski definition) is 1. The highest BCUT2D eigenvalue weighted by Crippen LogP contribution is 2.28. The minimum absolute atomic E-state index is 0.329. The third kappa shape index (κ3) is 3.04. The number of rotatable bonds is 4. The Kier molecular flexibility index (Phi) is 4.08. The Labute approximate surface area is 103 Å². The molecule has 0 aliphatic carbocycles. The summed E-state index contributed by atoms with van der Waals surface area (Å²) in [5.41, 5.74) is -0.147. The van der Waals surface area contributed by atoms with Gasteiger partial charge in [0, 0.05) is 4.47 Å². The molecule has 88 valence electrons. The van der Waals surface area contributed by atoms with Gasteiger partial charge in [0.2, 0.25) is 0 Å². The second-order valence-electron chi connectivity index (χ2n) is 4.17. The molecule has 1 aromatic rings. The molecule has 16 heavy (non-hydrogen) atoms. The van der Waals surface area contributed by atoms with Gasteiger partial charge in [-0.25, -0.2) is 4.39 Å². The highest BCUT2D eigenvalue weighted by Gasteiger charge is 2.31. The van der Waals surface area contributed by atoms with E-state index < -0.39 is 11.4 Å². The standard InChI is InChI=1S/C12H14BrFO2/c1-3-12(2,11(15)16)7-8-4-9(13)6-10(14)5-8/h4-6H,3,7H2,1-2H3,(H,15,16). The summed E-state index contributed by atoms with van der Waals surface area (Å²) in [5.74, 6) is -1.20. The average molecular weight is 289 g/mol. The van der Waals surface area contributed by atoms with Crippen molar-refractivity contribution in [2.45, 2.75) is 26.7 Å². The summed E-state index contributed by atoms with van der Waals surface area (Å²) in [6, 6.07) is 4.48. The summed E-state index contributed by atoms with van der Waals surface area (Å²) >= 11 is 3.19. The van der Waals surface area contributed by atoms with Crippen LogP contribution in [-0.4, -0.2) is 11.1 Å². The molecule has 1 atom stereocenters. The monoisotopic (exact) mass is 288 g/mol. The molecule has 0 radical (unpaired) electrons. The molecule has 0 aromatic heterocycles. The Morgan fingerprint density at radius 1 is 1.50 bits per heavy atom. The molecular formula is C12H14BrFO2. The SMILES string of the molecule is CCC(C)(Cc1cc(F)cc(Br)c1)C(=O)O. The first kappa shape index (κ1) is 13.2. The largest absolute Gasteiger partial charge is 0.481 e. The fourth-order valence-electron chi connectivity index (χ4n) is 1.52. The lowest BCUT2D eigenvalue weighted by Gasteiger charge is -2.23. The van der Waals surface area contributed by atoms with E-state index in [0.29, 0.717) is 22.9 Å². The van der Waals surface area contributed by atoms with Gasteiger partial charge in [0.25, 0.3) is 0 Å². The van der Waals surface area contributed by atoms with Crippen LogP contribution in [0.5, 0.6) is 0 Å². The van der Waals surface area contributed by atoms with Crippen LogP contribution in [0.15, 0.2) is 22.7 Å². The Hall–Kier alpha value is -0.900. The Morgan fingerprint density at radius 3 is 2.56 bits per heavy atom. The molecule has 0 fully saturated rings. The van der Waals surface area contributed by atoms with Gasteiger partial charge in [-0.05, 0) is 43.5 Å². The Balaban J connectivity index is 2.99. The van der Waals surface area contributed by atoms with E-state index >= 15 is 0 Å². The van der Waals surface area contributed by atoms with E-state index in [1.54, 1.807) is 13.0 Å². The van der Waals surface area contributed by atoms with Gasteiger partial charge in [-0.15, -0.1) is 0 Å². The summed E-state index contributed by atoms with van der Waals surface area (Å²) in [5, 5.41) is 9.13. The van der Waals surface area contributed by atoms with Gasteiger partial charge in [0.15, 0.2) is 0 Å². The molecule has 0 aliphatic heterocycles. The van der Waals surface area contributed by atoms with Gasteiger partial charge in [0.05, 0.1) is 5.41 Å². The van der Waals surface area contributed by atoms with Gasteiger partial charge in [-0.1, -0.05) is 22.9 Å². The number of aliphatic carboxylic acids is 1. The summed E-state index contributed by atoms with van der Waals surface area (Å²) in [6.07, 6.45) is 0.839. The summed E-state index contributed by atoms with van der Waals surface area (Å²) < 4.78 is 13.8. The molecule has 1 rings (SSSR count). The van der Waals surface area contributed by atoms with Crippen LogP contribution in [0.1, 0.15) is 25.8 Å². The van der Waals surface area contributed by atoms with Crippen LogP contribution in [0.25, 0.3) is 0 Å². The van der Waals surface area contributed by atoms with Crippen molar-refractivity contribution < 1.29 is 14.3 Å². The van der Waals surface area contributed by atoms with Crippen LogP contribution in [0.4, 0.5) is 4.39 Å². The van der Waals surface area contributed by atoms with Gasteiger partial charge < -0.3 is 5.11 Å². The van der Waals surface area contributed by atoms with E-state index in [1.807, 2.05) is 6.92 Å². The average Bonchev–Trinajstić information content (AvgIpc) is 2.15. The first-order chi connectivity index (χ1) is 7.37. The van der Waals surface area contributed by atoms with Gasteiger partial charge >= 0.3 is 5.97 Å². The molecule has 0 saturated heterocycles. The number of carboxylic acid groups (broad SMARTS) is 1. The van der Waals surface area contributed by atoms with E-state index in [-0.39, 0.29) is 5.82 Å². The molecular weight excluding hydrogens is 275 g/mol. The van der Waals surface area contributed by atoms with Crippen LogP contribution in [0.2, 0.25) is 0 Å². The zero-order chi connectivity index (χ0) is 12.3. The molecule has 1 aromatic carbocycles. The maximum Gasteiger partial charge on any atom is 0.309 e. The first-order valence-corrected chi connectivity index (χ1v) is 5.85. The Bertz CT molecular complexity index is 386. The minimum atomic E-state index is -0.851. The van der Waals surface area contributed by atoms with Gasteiger partial charge in [-0.2, -0.15) is 0 Å². The second-order valence-corrected chi connectivity index (χ2v) is 5.09. The number of carbonyl (C=O) groups is 1. The number of hydrogen-bond acceptors (Lipinski definition) is 1. The lowest BCUT2D eigenvalue weighted by atomic mass is 9.81. The topological polar surface area (TPSA) is 37.3 Å². The van der Waals surface area contributed by atoms with Crippen molar-refractivity contribution in [3.63, 3.8) is 0 Å². The summed E-state index contributed by atoms with van der Waals surface area (Å²) in [4.78, 5) is 11.1. The fraction of sp³-hybridized carbons (Fsp3) is 0.417. The van der Waals surface area contributed by atoms with Crippen LogP contribution in [-0.2, 0) is 11.2 Å². The highest BCUT2D eigenvalue weighted by atomic mass is 79.9. The lowest BCUT2D eigenvalue weighted by molar-refractivity contribution is -0.148. The van der Waals surface area contributed by atoms with Crippen molar-refractivity contribution >= 4 is 21.9 Å². The molecule has 1 unspecified atom stereocenters. The van der Waals surface area contributed by atoms with E-state index in [0.717, 1.165) is 0 Å². The zero-order valence-electron chi connectivity index (χ0n) is 9.26. The highest BCUT2D eigenvalue weighted by molar-refractivity contribution is 9.10. The van der Waals surface area contributed by atoms with E-state index in [2.05, 4.69) is 15.9 Å².